The molecule has 0 saturated heterocycles. The van der Waals surface area contributed by atoms with Crippen molar-refractivity contribution in [2.45, 2.75) is 24.7 Å². The average Bonchev–Trinajstić information content (AvgIpc) is 2.98. The van der Waals surface area contributed by atoms with Crippen LogP contribution in [0.1, 0.15) is 24.8 Å². The van der Waals surface area contributed by atoms with Gasteiger partial charge < -0.3 is 5.73 Å². The van der Waals surface area contributed by atoms with E-state index in [0.29, 0.717) is 6.42 Å². The second kappa shape index (κ2) is 3.59. The fraction of sp³-hybridized carbons (Fsp3) is 0.364. The van der Waals surface area contributed by atoms with E-state index in [9.17, 15) is 14.9 Å². The maximum Gasteiger partial charge on any atom is 0.269 e. The van der Waals surface area contributed by atoms with Crippen LogP contribution in [0, 0.1) is 10.1 Å². The standard InChI is InChI=1S/C11H12N2O3/c12-10(14)7-11(5-6-11)8-1-3-9(4-2-8)13(15)16/h1-4H,5-7H2,(H2,12,14). The van der Waals surface area contributed by atoms with Gasteiger partial charge in [-0.25, -0.2) is 0 Å². The van der Waals surface area contributed by atoms with E-state index in [1.54, 1.807) is 12.1 Å². The third-order valence-electron chi connectivity index (χ3n) is 3.06. The molecule has 1 aromatic carbocycles. The summed E-state index contributed by atoms with van der Waals surface area (Å²) in [7, 11) is 0. The molecule has 1 amide bonds. The Hall–Kier alpha value is -1.91. The van der Waals surface area contributed by atoms with Crippen LogP contribution in [0.3, 0.4) is 0 Å². The van der Waals surface area contributed by atoms with Crippen molar-refractivity contribution in [1.29, 1.82) is 0 Å². The van der Waals surface area contributed by atoms with Crippen LogP contribution in [-0.2, 0) is 10.2 Å². The molecular formula is C11H12N2O3. The van der Waals surface area contributed by atoms with Gasteiger partial charge in [0, 0.05) is 24.0 Å². The maximum atomic E-state index is 10.9. The lowest BCUT2D eigenvalue weighted by Gasteiger charge is -2.12. The van der Waals surface area contributed by atoms with Crippen LogP contribution >= 0.6 is 0 Å². The summed E-state index contributed by atoms with van der Waals surface area (Å²) in [6.45, 7) is 0. The highest BCUT2D eigenvalue weighted by Gasteiger charge is 2.45. The summed E-state index contributed by atoms with van der Waals surface area (Å²) in [6.07, 6.45) is 2.17. The first-order chi connectivity index (χ1) is 7.53. The van der Waals surface area contributed by atoms with E-state index in [-0.39, 0.29) is 17.0 Å². The summed E-state index contributed by atoms with van der Waals surface area (Å²) in [5.41, 5.74) is 6.07. The van der Waals surface area contributed by atoms with Gasteiger partial charge in [0.1, 0.15) is 0 Å². The van der Waals surface area contributed by atoms with Crippen molar-refractivity contribution < 1.29 is 9.72 Å². The first kappa shape index (κ1) is 10.6. The zero-order chi connectivity index (χ0) is 11.8. The van der Waals surface area contributed by atoms with Crippen LogP contribution in [0.25, 0.3) is 0 Å². The van der Waals surface area contributed by atoms with Gasteiger partial charge in [-0.15, -0.1) is 0 Å². The third-order valence-corrected chi connectivity index (χ3v) is 3.06. The highest BCUT2D eigenvalue weighted by atomic mass is 16.6. The van der Waals surface area contributed by atoms with E-state index in [1.807, 2.05) is 0 Å². The van der Waals surface area contributed by atoms with Crippen LogP contribution in [-0.4, -0.2) is 10.8 Å². The number of nitro groups is 1. The normalized spacial score (nSPS) is 16.8. The number of amides is 1. The zero-order valence-corrected chi connectivity index (χ0v) is 8.68. The molecule has 5 nitrogen and oxygen atoms in total. The molecule has 0 spiro atoms. The van der Waals surface area contributed by atoms with Crippen molar-refractivity contribution in [1.82, 2.24) is 0 Å². The van der Waals surface area contributed by atoms with Gasteiger partial charge in [-0.1, -0.05) is 12.1 Å². The van der Waals surface area contributed by atoms with E-state index in [2.05, 4.69) is 0 Å². The summed E-state index contributed by atoms with van der Waals surface area (Å²) in [5.74, 6) is -0.323. The Kier molecular flexibility index (Phi) is 2.38. The summed E-state index contributed by atoms with van der Waals surface area (Å²) < 4.78 is 0. The Labute approximate surface area is 92.4 Å². The predicted octanol–water partition coefficient (Wildman–Crippen LogP) is 1.50. The third kappa shape index (κ3) is 1.88. The number of hydrogen-bond donors (Lipinski definition) is 1. The van der Waals surface area contributed by atoms with E-state index in [0.717, 1.165) is 18.4 Å². The van der Waals surface area contributed by atoms with Crippen molar-refractivity contribution in [3.05, 3.63) is 39.9 Å². The van der Waals surface area contributed by atoms with Crippen LogP contribution in [0.15, 0.2) is 24.3 Å². The van der Waals surface area contributed by atoms with Gasteiger partial charge in [-0.05, 0) is 18.4 Å². The molecule has 0 radical (unpaired) electrons. The minimum absolute atomic E-state index is 0.0682. The van der Waals surface area contributed by atoms with Crippen LogP contribution < -0.4 is 5.73 Å². The van der Waals surface area contributed by atoms with Gasteiger partial charge in [0.15, 0.2) is 0 Å². The summed E-state index contributed by atoms with van der Waals surface area (Å²) >= 11 is 0. The molecule has 0 aromatic heterocycles. The molecule has 16 heavy (non-hydrogen) atoms. The smallest absolute Gasteiger partial charge is 0.269 e. The Morgan fingerprint density at radius 2 is 1.94 bits per heavy atom. The second-order valence-corrected chi connectivity index (χ2v) is 4.23. The quantitative estimate of drug-likeness (QED) is 0.616. The second-order valence-electron chi connectivity index (χ2n) is 4.23. The maximum absolute atomic E-state index is 10.9. The Morgan fingerprint density at radius 3 is 2.31 bits per heavy atom. The average molecular weight is 220 g/mol. The lowest BCUT2D eigenvalue weighted by atomic mass is 9.92. The number of hydrogen-bond acceptors (Lipinski definition) is 3. The van der Waals surface area contributed by atoms with Gasteiger partial charge >= 0.3 is 0 Å². The fourth-order valence-electron chi connectivity index (χ4n) is 1.99. The minimum Gasteiger partial charge on any atom is -0.370 e. The number of nitro benzene ring substituents is 1. The molecule has 0 bridgehead atoms. The topological polar surface area (TPSA) is 86.2 Å². The number of nitrogens with two attached hydrogens (primary N) is 1. The number of rotatable bonds is 4. The fourth-order valence-corrected chi connectivity index (χ4v) is 1.99. The number of non-ortho nitro benzene ring substituents is 1. The molecule has 1 aromatic rings. The summed E-state index contributed by atoms with van der Waals surface area (Å²) in [5, 5.41) is 10.5. The first-order valence-corrected chi connectivity index (χ1v) is 5.07. The van der Waals surface area contributed by atoms with Gasteiger partial charge in [-0.2, -0.15) is 0 Å². The van der Waals surface area contributed by atoms with Crippen molar-refractivity contribution in [2.24, 2.45) is 5.73 Å². The Bertz CT molecular complexity index is 435. The lowest BCUT2D eigenvalue weighted by molar-refractivity contribution is -0.384. The molecule has 0 heterocycles. The van der Waals surface area contributed by atoms with Crippen LogP contribution in [0.5, 0.6) is 0 Å². The first-order valence-electron chi connectivity index (χ1n) is 5.07. The number of carbonyl (C=O) groups is 1. The number of carbonyl (C=O) groups excluding carboxylic acids is 1. The molecule has 0 atom stereocenters. The van der Waals surface area contributed by atoms with Gasteiger partial charge in [0.25, 0.3) is 5.69 Å². The molecule has 1 saturated carbocycles. The summed E-state index contributed by atoms with van der Waals surface area (Å²) in [4.78, 5) is 21.0. The SMILES string of the molecule is NC(=O)CC1(c2ccc([N+](=O)[O-])cc2)CC1. The molecular weight excluding hydrogens is 208 g/mol. The van der Waals surface area contributed by atoms with Crippen LogP contribution in [0.4, 0.5) is 5.69 Å². The molecule has 84 valence electrons. The monoisotopic (exact) mass is 220 g/mol. The van der Waals surface area contributed by atoms with E-state index in [4.69, 9.17) is 5.73 Å². The Morgan fingerprint density at radius 1 is 1.38 bits per heavy atom. The highest BCUT2D eigenvalue weighted by molar-refractivity contribution is 5.76. The van der Waals surface area contributed by atoms with Crippen molar-refractivity contribution in [3.8, 4) is 0 Å². The highest BCUT2D eigenvalue weighted by Crippen LogP contribution is 2.51. The molecule has 5 heteroatoms. The zero-order valence-electron chi connectivity index (χ0n) is 8.68. The molecule has 0 unspecified atom stereocenters. The molecule has 2 N–H and O–H groups in total. The van der Waals surface area contributed by atoms with Gasteiger partial charge in [0.2, 0.25) is 5.91 Å². The number of nitrogens with zero attached hydrogens (tertiary/aromatic N) is 1. The number of primary amides is 1. The van der Waals surface area contributed by atoms with E-state index < -0.39 is 4.92 Å². The molecule has 1 aliphatic carbocycles. The molecule has 2 rings (SSSR count). The van der Waals surface area contributed by atoms with E-state index in [1.165, 1.54) is 12.1 Å². The van der Waals surface area contributed by atoms with Gasteiger partial charge in [-0.3, -0.25) is 14.9 Å². The number of benzene rings is 1. The Balaban J connectivity index is 2.22. The van der Waals surface area contributed by atoms with E-state index >= 15 is 0 Å². The predicted molar refractivity (Wildman–Crippen MR) is 57.8 cm³/mol. The van der Waals surface area contributed by atoms with Crippen molar-refractivity contribution >= 4 is 11.6 Å². The molecule has 0 aliphatic heterocycles. The lowest BCUT2D eigenvalue weighted by Crippen LogP contribution is -2.19. The largest absolute Gasteiger partial charge is 0.370 e. The van der Waals surface area contributed by atoms with Gasteiger partial charge in [0.05, 0.1) is 4.92 Å². The molecule has 1 aliphatic rings. The van der Waals surface area contributed by atoms with Crippen molar-refractivity contribution in [3.63, 3.8) is 0 Å². The van der Waals surface area contributed by atoms with Crippen LogP contribution in [0.2, 0.25) is 0 Å². The minimum atomic E-state index is -0.433. The molecule has 1 fully saturated rings. The van der Waals surface area contributed by atoms with Crippen molar-refractivity contribution in [2.75, 3.05) is 0 Å². The summed E-state index contributed by atoms with van der Waals surface area (Å²) in [6, 6.07) is 6.37.